The van der Waals surface area contributed by atoms with Gasteiger partial charge in [0.05, 0.1) is 10.6 Å². The van der Waals surface area contributed by atoms with Crippen LogP contribution in [0.5, 0.6) is 0 Å². The molecule has 1 aromatic carbocycles. The Morgan fingerprint density at radius 1 is 1.36 bits per heavy atom. The maximum absolute atomic E-state index is 12.3. The van der Waals surface area contributed by atoms with Crippen LogP contribution in [0.3, 0.4) is 0 Å². The Morgan fingerprint density at radius 3 is 2.76 bits per heavy atom. The van der Waals surface area contributed by atoms with Crippen molar-refractivity contribution in [3.8, 4) is 0 Å². The van der Waals surface area contributed by atoms with Gasteiger partial charge in [-0.1, -0.05) is 25.4 Å². The highest BCUT2D eigenvalue weighted by molar-refractivity contribution is 6.34. The third kappa shape index (κ3) is 7.22. The van der Waals surface area contributed by atoms with E-state index in [0.29, 0.717) is 35.2 Å². The molecule has 1 fully saturated rings. The van der Waals surface area contributed by atoms with Crippen LogP contribution in [-0.2, 0) is 4.79 Å². The highest BCUT2D eigenvalue weighted by Crippen LogP contribution is 2.21. The van der Waals surface area contributed by atoms with Gasteiger partial charge in [0.25, 0.3) is 5.91 Å². The summed E-state index contributed by atoms with van der Waals surface area (Å²) in [4.78, 5) is 24.2. The fourth-order valence-corrected chi connectivity index (χ4v) is 3.01. The number of carbonyl (C=O) groups excluding carboxylic acids is 2. The van der Waals surface area contributed by atoms with Crippen LogP contribution < -0.4 is 16.0 Å². The number of hydrogen-bond donors (Lipinski definition) is 3. The maximum Gasteiger partial charge on any atom is 0.252 e. The Balaban J connectivity index is 0.00000312. The number of anilines is 1. The molecule has 1 heterocycles. The lowest BCUT2D eigenvalue weighted by Crippen LogP contribution is -2.27. The van der Waals surface area contributed by atoms with E-state index in [1.807, 2.05) is 13.8 Å². The summed E-state index contributed by atoms with van der Waals surface area (Å²) in [5.41, 5.74) is 0.985. The number of benzene rings is 1. The number of rotatable bonds is 7. The van der Waals surface area contributed by atoms with Crippen molar-refractivity contribution in [1.82, 2.24) is 10.6 Å². The van der Waals surface area contributed by atoms with Crippen LogP contribution in [-0.4, -0.2) is 31.4 Å². The second-order valence-corrected chi connectivity index (χ2v) is 7.15. The molecule has 1 unspecified atom stereocenters. The van der Waals surface area contributed by atoms with E-state index in [4.69, 9.17) is 11.6 Å². The van der Waals surface area contributed by atoms with E-state index in [0.717, 1.165) is 25.9 Å². The molecule has 7 heteroatoms. The van der Waals surface area contributed by atoms with Gasteiger partial charge in [-0.15, -0.1) is 12.4 Å². The fraction of sp³-hybridized carbons (Fsp3) is 0.556. The quantitative estimate of drug-likeness (QED) is 0.670. The average molecular weight is 388 g/mol. The normalized spacial score (nSPS) is 16.4. The topological polar surface area (TPSA) is 70.2 Å². The number of halogens is 2. The van der Waals surface area contributed by atoms with E-state index in [-0.39, 0.29) is 30.1 Å². The SMILES string of the molecule is CC(C)CC(=O)Nc1ccc(Cl)c(C(=O)NCCC2CCNC2)c1.Cl. The molecule has 2 rings (SSSR count). The number of carbonyl (C=O) groups is 2. The molecular formula is C18H27Cl2N3O2. The summed E-state index contributed by atoms with van der Waals surface area (Å²) in [6.45, 7) is 6.68. The molecule has 1 aliphatic rings. The molecule has 0 aromatic heterocycles. The first-order valence-corrected chi connectivity index (χ1v) is 8.92. The molecule has 2 amide bonds. The van der Waals surface area contributed by atoms with Crippen molar-refractivity contribution in [3.05, 3.63) is 28.8 Å². The van der Waals surface area contributed by atoms with E-state index in [1.165, 1.54) is 0 Å². The predicted octanol–water partition coefficient (Wildman–Crippen LogP) is 3.48. The smallest absolute Gasteiger partial charge is 0.252 e. The van der Waals surface area contributed by atoms with Crippen molar-refractivity contribution in [3.63, 3.8) is 0 Å². The molecule has 1 atom stereocenters. The van der Waals surface area contributed by atoms with Crippen molar-refractivity contribution in [1.29, 1.82) is 0 Å². The number of hydrogen-bond acceptors (Lipinski definition) is 3. The zero-order valence-electron chi connectivity index (χ0n) is 14.7. The molecule has 5 nitrogen and oxygen atoms in total. The zero-order chi connectivity index (χ0) is 17.5. The van der Waals surface area contributed by atoms with Gasteiger partial charge in [-0.3, -0.25) is 9.59 Å². The second-order valence-electron chi connectivity index (χ2n) is 6.74. The minimum atomic E-state index is -0.203. The molecule has 0 spiro atoms. The fourth-order valence-electron chi connectivity index (χ4n) is 2.81. The van der Waals surface area contributed by atoms with Gasteiger partial charge >= 0.3 is 0 Å². The minimum absolute atomic E-state index is 0. The molecule has 0 aliphatic carbocycles. The van der Waals surface area contributed by atoms with Crippen LogP contribution in [0.4, 0.5) is 5.69 Å². The van der Waals surface area contributed by atoms with Gasteiger partial charge in [-0.05, 0) is 56.0 Å². The summed E-state index contributed by atoms with van der Waals surface area (Å²) < 4.78 is 0. The van der Waals surface area contributed by atoms with Crippen molar-refractivity contribution in [2.24, 2.45) is 11.8 Å². The third-order valence-corrected chi connectivity index (χ3v) is 4.42. The minimum Gasteiger partial charge on any atom is -0.352 e. The van der Waals surface area contributed by atoms with E-state index >= 15 is 0 Å². The summed E-state index contributed by atoms with van der Waals surface area (Å²) >= 11 is 6.13. The van der Waals surface area contributed by atoms with Crippen LogP contribution in [0.15, 0.2) is 18.2 Å². The molecule has 1 aromatic rings. The lowest BCUT2D eigenvalue weighted by Gasteiger charge is -2.12. The lowest BCUT2D eigenvalue weighted by molar-refractivity contribution is -0.116. The van der Waals surface area contributed by atoms with E-state index in [9.17, 15) is 9.59 Å². The predicted molar refractivity (Wildman–Crippen MR) is 105 cm³/mol. The third-order valence-electron chi connectivity index (χ3n) is 4.09. The first kappa shape index (κ1) is 21.7. The van der Waals surface area contributed by atoms with Gasteiger partial charge in [-0.2, -0.15) is 0 Å². The number of amides is 2. The van der Waals surface area contributed by atoms with Gasteiger partial charge < -0.3 is 16.0 Å². The average Bonchev–Trinajstić information content (AvgIpc) is 3.01. The lowest BCUT2D eigenvalue weighted by atomic mass is 10.1. The molecule has 0 bridgehead atoms. The van der Waals surface area contributed by atoms with Gasteiger partial charge in [0.2, 0.25) is 5.91 Å². The molecule has 1 aliphatic heterocycles. The summed E-state index contributed by atoms with van der Waals surface area (Å²) in [7, 11) is 0. The molecule has 1 saturated heterocycles. The molecule has 3 N–H and O–H groups in total. The molecular weight excluding hydrogens is 361 g/mol. The number of nitrogens with one attached hydrogen (secondary N) is 3. The first-order chi connectivity index (χ1) is 11.5. The Labute approximate surface area is 160 Å². The highest BCUT2D eigenvalue weighted by atomic mass is 35.5. The molecule has 140 valence electrons. The highest BCUT2D eigenvalue weighted by Gasteiger charge is 2.16. The van der Waals surface area contributed by atoms with E-state index < -0.39 is 0 Å². The maximum atomic E-state index is 12.3. The zero-order valence-corrected chi connectivity index (χ0v) is 16.3. The van der Waals surface area contributed by atoms with Crippen molar-refractivity contribution < 1.29 is 9.59 Å². The molecule has 0 radical (unpaired) electrons. The Bertz CT molecular complexity index is 588. The monoisotopic (exact) mass is 387 g/mol. The van der Waals surface area contributed by atoms with Gasteiger partial charge in [0.15, 0.2) is 0 Å². The van der Waals surface area contributed by atoms with Crippen molar-refractivity contribution >= 4 is 41.5 Å². The van der Waals surface area contributed by atoms with Crippen molar-refractivity contribution in [2.75, 3.05) is 25.0 Å². The Hall–Kier alpha value is -1.30. The van der Waals surface area contributed by atoms with Crippen LogP contribution in [0.25, 0.3) is 0 Å². The van der Waals surface area contributed by atoms with Crippen LogP contribution in [0.1, 0.15) is 43.5 Å². The summed E-state index contributed by atoms with van der Waals surface area (Å²) in [5, 5.41) is 9.43. The van der Waals surface area contributed by atoms with Gasteiger partial charge in [-0.25, -0.2) is 0 Å². The Morgan fingerprint density at radius 2 is 2.12 bits per heavy atom. The van der Waals surface area contributed by atoms with E-state index in [1.54, 1.807) is 18.2 Å². The van der Waals surface area contributed by atoms with E-state index in [2.05, 4.69) is 16.0 Å². The Kier molecular flexibility index (Phi) is 9.25. The van der Waals surface area contributed by atoms with Crippen LogP contribution >= 0.6 is 24.0 Å². The molecule has 0 saturated carbocycles. The largest absolute Gasteiger partial charge is 0.352 e. The molecule has 25 heavy (non-hydrogen) atoms. The summed E-state index contributed by atoms with van der Waals surface area (Å²) in [6, 6.07) is 4.98. The standard InChI is InChI=1S/C18H26ClN3O2.ClH/c1-12(2)9-17(23)22-14-3-4-16(19)15(10-14)18(24)21-8-6-13-5-7-20-11-13;/h3-4,10,12-13,20H,5-9,11H2,1-2H3,(H,21,24)(H,22,23);1H. The summed E-state index contributed by atoms with van der Waals surface area (Å²) in [5.74, 6) is 0.644. The second kappa shape index (κ2) is 10.6. The van der Waals surface area contributed by atoms with Crippen LogP contribution in [0, 0.1) is 11.8 Å². The summed E-state index contributed by atoms with van der Waals surface area (Å²) in [6.07, 6.45) is 2.56. The van der Waals surface area contributed by atoms with Gasteiger partial charge in [0.1, 0.15) is 0 Å². The van der Waals surface area contributed by atoms with Crippen LogP contribution in [0.2, 0.25) is 5.02 Å². The first-order valence-electron chi connectivity index (χ1n) is 8.54. The van der Waals surface area contributed by atoms with Gasteiger partial charge in [0, 0.05) is 18.7 Å². The van der Waals surface area contributed by atoms with Crippen molar-refractivity contribution in [2.45, 2.75) is 33.1 Å².